The third-order valence-corrected chi connectivity index (χ3v) is 6.96. The van der Waals surface area contributed by atoms with Crippen LogP contribution in [-0.4, -0.2) is 35.2 Å². The number of nitrogens with one attached hydrogen (secondary N) is 2. The molecule has 0 aliphatic heterocycles. The Morgan fingerprint density at radius 1 is 0.892 bits per heavy atom. The van der Waals surface area contributed by atoms with Crippen molar-refractivity contribution >= 4 is 63.3 Å². The van der Waals surface area contributed by atoms with Crippen LogP contribution in [0.1, 0.15) is 27.6 Å². The summed E-state index contributed by atoms with van der Waals surface area (Å²) >= 11 is 7.47. The number of ether oxygens (including phenoxy) is 1. The van der Waals surface area contributed by atoms with Crippen molar-refractivity contribution in [2.45, 2.75) is 17.1 Å². The van der Waals surface area contributed by atoms with Crippen molar-refractivity contribution in [3.63, 3.8) is 0 Å². The number of methoxy groups -OCH3 is 1. The van der Waals surface area contributed by atoms with Crippen molar-refractivity contribution in [1.82, 2.24) is 0 Å². The molecular formula is C28H23ClN2O5S. The molecule has 37 heavy (non-hydrogen) atoms. The van der Waals surface area contributed by atoms with Crippen LogP contribution in [0.4, 0.5) is 11.4 Å². The highest BCUT2D eigenvalue weighted by molar-refractivity contribution is 8.00. The van der Waals surface area contributed by atoms with Crippen LogP contribution < -0.4 is 15.4 Å². The van der Waals surface area contributed by atoms with E-state index in [0.717, 1.165) is 4.90 Å². The van der Waals surface area contributed by atoms with Crippen molar-refractivity contribution in [1.29, 1.82) is 0 Å². The number of anilines is 2. The highest BCUT2D eigenvalue weighted by Crippen LogP contribution is 2.30. The Kier molecular flexibility index (Phi) is 8.01. The summed E-state index contributed by atoms with van der Waals surface area (Å²) in [5.74, 6) is -1.22. The first-order valence-corrected chi connectivity index (χ1v) is 12.5. The Bertz CT molecular complexity index is 1500. The number of carboxylic acids is 1. The number of halogens is 1. The topological polar surface area (TPSA) is 105 Å². The maximum atomic E-state index is 13.1. The van der Waals surface area contributed by atoms with E-state index in [2.05, 4.69) is 10.6 Å². The number of carbonyl (C=O) groups is 3. The van der Waals surface area contributed by atoms with Crippen LogP contribution in [0.2, 0.25) is 5.02 Å². The summed E-state index contributed by atoms with van der Waals surface area (Å²) in [7, 11) is 1.52. The zero-order valence-electron chi connectivity index (χ0n) is 19.9. The zero-order chi connectivity index (χ0) is 26.5. The maximum absolute atomic E-state index is 13.1. The van der Waals surface area contributed by atoms with Gasteiger partial charge in [0.25, 0.3) is 5.91 Å². The lowest BCUT2D eigenvalue weighted by Crippen LogP contribution is -2.22. The minimum Gasteiger partial charge on any atom is -0.495 e. The smallest absolute Gasteiger partial charge is 0.336 e. The molecule has 0 bridgehead atoms. The SMILES string of the molecule is COc1ccc(NC(=O)C(C)Sc2cccc(NC(=O)c3cccc4cccc(C(=O)O)c34)c2)cc1Cl. The first kappa shape index (κ1) is 26.1. The van der Waals surface area contributed by atoms with Gasteiger partial charge in [0.1, 0.15) is 5.75 Å². The molecule has 0 aliphatic rings. The molecule has 0 fully saturated rings. The van der Waals surface area contributed by atoms with Crippen molar-refractivity contribution in [3.8, 4) is 5.75 Å². The van der Waals surface area contributed by atoms with Gasteiger partial charge in [0.2, 0.25) is 5.91 Å². The van der Waals surface area contributed by atoms with Crippen LogP contribution >= 0.6 is 23.4 Å². The van der Waals surface area contributed by atoms with Gasteiger partial charge in [-0.2, -0.15) is 0 Å². The van der Waals surface area contributed by atoms with Crippen molar-refractivity contribution in [3.05, 3.63) is 95.0 Å². The minimum atomic E-state index is -1.10. The third kappa shape index (κ3) is 6.04. The fourth-order valence-electron chi connectivity index (χ4n) is 3.80. The van der Waals surface area contributed by atoms with Crippen LogP contribution in [-0.2, 0) is 4.79 Å². The molecule has 0 aliphatic carbocycles. The zero-order valence-corrected chi connectivity index (χ0v) is 21.5. The summed E-state index contributed by atoms with van der Waals surface area (Å²) in [5, 5.41) is 16.3. The van der Waals surface area contributed by atoms with Gasteiger partial charge in [-0.05, 0) is 60.8 Å². The fraction of sp³-hybridized carbons (Fsp3) is 0.107. The van der Waals surface area contributed by atoms with Gasteiger partial charge in [0.15, 0.2) is 0 Å². The van der Waals surface area contributed by atoms with E-state index in [1.54, 1.807) is 73.7 Å². The molecule has 188 valence electrons. The summed E-state index contributed by atoms with van der Waals surface area (Å²) in [6, 6.07) is 22.1. The molecule has 1 atom stereocenters. The van der Waals surface area contributed by atoms with E-state index in [4.69, 9.17) is 16.3 Å². The number of aromatic carboxylic acids is 1. The molecule has 4 aromatic carbocycles. The highest BCUT2D eigenvalue weighted by atomic mass is 35.5. The first-order valence-electron chi connectivity index (χ1n) is 11.2. The van der Waals surface area contributed by atoms with Crippen LogP contribution in [0.5, 0.6) is 5.75 Å². The summed E-state index contributed by atoms with van der Waals surface area (Å²) < 4.78 is 5.13. The standard InChI is InChI=1S/C28H23ClN2O5S/c1-16(26(32)30-19-12-13-24(36-2)23(29)15-19)37-20-9-5-8-18(14-20)31-27(33)21-10-3-6-17-7-4-11-22(25(17)21)28(34)35/h3-16H,1-2H3,(H,30,32)(H,31,33)(H,34,35). The molecule has 7 nitrogen and oxygen atoms in total. The van der Waals surface area contributed by atoms with E-state index in [0.29, 0.717) is 32.9 Å². The lowest BCUT2D eigenvalue weighted by molar-refractivity contribution is -0.115. The Morgan fingerprint density at radius 2 is 1.57 bits per heavy atom. The molecule has 0 saturated heterocycles. The van der Waals surface area contributed by atoms with Gasteiger partial charge >= 0.3 is 5.97 Å². The molecule has 0 saturated carbocycles. The largest absolute Gasteiger partial charge is 0.495 e. The summed E-state index contributed by atoms with van der Waals surface area (Å²) in [5.41, 5.74) is 1.40. The summed E-state index contributed by atoms with van der Waals surface area (Å²) in [6.45, 7) is 1.78. The second kappa shape index (κ2) is 11.4. The second-order valence-electron chi connectivity index (χ2n) is 8.10. The quantitative estimate of drug-likeness (QED) is 0.221. The Labute approximate surface area is 222 Å². The summed E-state index contributed by atoms with van der Waals surface area (Å²) in [4.78, 5) is 38.4. The second-order valence-corrected chi connectivity index (χ2v) is 9.92. The molecule has 3 N–H and O–H groups in total. The van der Waals surface area contributed by atoms with Crippen LogP contribution in [0.15, 0.2) is 83.8 Å². The van der Waals surface area contributed by atoms with Crippen molar-refractivity contribution < 1.29 is 24.2 Å². The van der Waals surface area contributed by atoms with Gasteiger partial charge in [-0.25, -0.2) is 4.79 Å². The number of benzene rings is 4. The Morgan fingerprint density at radius 3 is 2.24 bits per heavy atom. The molecule has 1 unspecified atom stereocenters. The maximum Gasteiger partial charge on any atom is 0.336 e. The average molecular weight is 535 g/mol. The van der Waals surface area contributed by atoms with E-state index < -0.39 is 17.1 Å². The highest BCUT2D eigenvalue weighted by Gasteiger charge is 2.18. The van der Waals surface area contributed by atoms with Gasteiger partial charge in [-0.1, -0.05) is 41.9 Å². The molecule has 0 radical (unpaired) electrons. The number of hydrogen-bond acceptors (Lipinski definition) is 5. The monoisotopic (exact) mass is 534 g/mol. The van der Waals surface area contributed by atoms with E-state index >= 15 is 0 Å². The lowest BCUT2D eigenvalue weighted by atomic mass is 9.98. The van der Waals surface area contributed by atoms with Gasteiger partial charge in [0, 0.05) is 27.2 Å². The molecule has 4 rings (SSSR count). The number of fused-ring (bicyclic) bond motifs is 1. The van der Waals surface area contributed by atoms with Gasteiger partial charge < -0.3 is 20.5 Å². The molecular weight excluding hydrogens is 512 g/mol. The van der Waals surface area contributed by atoms with Gasteiger partial charge in [0.05, 0.1) is 22.9 Å². The van der Waals surface area contributed by atoms with Crippen molar-refractivity contribution in [2.75, 3.05) is 17.7 Å². The number of carboxylic acid groups (broad SMARTS) is 1. The van der Waals surface area contributed by atoms with Crippen molar-refractivity contribution in [2.24, 2.45) is 0 Å². The molecule has 0 aromatic heterocycles. The van der Waals surface area contributed by atoms with E-state index in [1.165, 1.54) is 24.9 Å². The third-order valence-electron chi connectivity index (χ3n) is 5.57. The number of hydrogen-bond donors (Lipinski definition) is 3. The van der Waals surface area contributed by atoms with E-state index in [1.807, 2.05) is 6.07 Å². The van der Waals surface area contributed by atoms with Crippen LogP contribution in [0.25, 0.3) is 10.8 Å². The fourth-order valence-corrected chi connectivity index (χ4v) is 4.98. The van der Waals surface area contributed by atoms with Gasteiger partial charge in [-0.15, -0.1) is 11.8 Å². The number of thioether (sulfide) groups is 1. The van der Waals surface area contributed by atoms with Gasteiger partial charge in [-0.3, -0.25) is 9.59 Å². The van der Waals surface area contributed by atoms with E-state index in [9.17, 15) is 19.5 Å². The van der Waals surface area contributed by atoms with E-state index in [-0.39, 0.29) is 17.0 Å². The molecule has 4 aromatic rings. The predicted octanol–water partition coefficient (Wildman–Crippen LogP) is 6.57. The Balaban J connectivity index is 1.47. The van der Waals surface area contributed by atoms with Crippen LogP contribution in [0, 0.1) is 0 Å². The number of carbonyl (C=O) groups excluding carboxylic acids is 2. The lowest BCUT2D eigenvalue weighted by Gasteiger charge is -2.14. The number of amides is 2. The normalized spacial score (nSPS) is 11.5. The molecule has 0 spiro atoms. The Hall–Kier alpha value is -4.01. The average Bonchev–Trinajstić information content (AvgIpc) is 2.88. The van der Waals surface area contributed by atoms with Crippen LogP contribution in [0.3, 0.4) is 0 Å². The summed E-state index contributed by atoms with van der Waals surface area (Å²) in [6.07, 6.45) is 0. The molecule has 0 heterocycles. The number of rotatable bonds is 8. The minimum absolute atomic E-state index is 0.0607. The molecule has 2 amide bonds. The first-order chi connectivity index (χ1) is 17.8. The predicted molar refractivity (Wildman–Crippen MR) is 147 cm³/mol. The molecule has 9 heteroatoms.